The Labute approximate surface area is 301 Å². The fraction of sp³-hybridized carbons (Fsp3) is 0.927. The zero-order chi connectivity index (χ0) is 36.2. The number of esters is 1. The fourth-order valence-electron chi connectivity index (χ4n) is 6.56. The number of hydrogen-bond donors (Lipinski definition) is 4. The second-order valence-electron chi connectivity index (χ2n) is 14.6. The van der Waals surface area contributed by atoms with Gasteiger partial charge >= 0.3 is 11.9 Å². The van der Waals surface area contributed by atoms with E-state index in [1.165, 1.54) is 128 Å². The standard InChI is InChI=1S/C41H80N2O6/c1-3-5-7-9-11-13-15-17-19-21-23-25-27-30-36(44)34-40(46)49-37(35-39(45)43-38(41(47)48)32-29-33-42)31-28-26-24-22-20-18-16-14-12-10-8-6-4-2/h36-38,44H,3-35,42H2,1-2H3,(H,43,45)(H,47,48). The molecule has 0 fully saturated rings. The highest BCUT2D eigenvalue weighted by Crippen LogP contribution is 2.18. The minimum atomic E-state index is -1.09. The van der Waals surface area contributed by atoms with Crippen LogP contribution in [0.5, 0.6) is 0 Å². The summed E-state index contributed by atoms with van der Waals surface area (Å²) in [6.45, 7) is 4.85. The fourth-order valence-corrected chi connectivity index (χ4v) is 6.56. The molecule has 8 heteroatoms. The smallest absolute Gasteiger partial charge is 0.326 e. The molecule has 0 radical (unpaired) electrons. The molecule has 0 heterocycles. The highest BCUT2D eigenvalue weighted by Gasteiger charge is 2.24. The number of aliphatic hydroxyl groups is 1. The molecular weight excluding hydrogens is 616 g/mol. The van der Waals surface area contributed by atoms with Gasteiger partial charge in [0.2, 0.25) is 5.91 Å². The predicted molar refractivity (Wildman–Crippen MR) is 204 cm³/mol. The van der Waals surface area contributed by atoms with Gasteiger partial charge in [0.25, 0.3) is 0 Å². The van der Waals surface area contributed by atoms with Crippen LogP contribution >= 0.6 is 0 Å². The quantitative estimate of drug-likeness (QED) is 0.0372. The molecule has 49 heavy (non-hydrogen) atoms. The predicted octanol–water partition coefficient (Wildman–Crippen LogP) is 10.3. The van der Waals surface area contributed by atoms with Crippen molar-refractivity contribution in [3.63, 3.8) is 0 Å². The van der Waals surface area contributed by atoms with Crippen molar-refractivity contribution in [2.45, 2.75) is 238 Å². The number of nitrogens with one attached hydrogen (secondary N) is 1. The molecule has 0 aliphatic heterocycles. The van der Waals surface area contributed by atoms with E-state index >= 15 is 0 Å². The minimum absolute atomic E-state index is 0.0780. The van der Waals surface area contributed by atoms with Crippen molar-refractivity contribution in [3.8, 4) is 0 Å². The highest BCUT2D eigenvalue weighted by molar-refractivity contribution is 5.84. The van der Waals surface area contributed by atoms with Crippen LogP contribution in [-0.2, 0) is 19.1 Å². The molecule has 0 spiro atoms. The Bertz CT molecular complexity index is 764. The average Bonchev–Trinajstić information content (AvgIpc) is 3.06. The Morgan fingerprint density at radius 1 is 0.551 bits per heavy atom. The van der Waals surface area contributed by atoms with Crippen molar-refractivity contribution < 1.29 is 29.3 Å². The zero-order valence-corrected chi connectivity index (χ0v) is 32.2. The molecule has 0 aliphatic rings. The second-order valence-corrected chi connectivity index (χ2v) is 14.6. The Morgan fingerprint density at radius 3 is 1.33 bits per heavy atom. The van der Waals surface area contributed by atoms with E-state index in [1.54, 1.807) is 0 Å². The molecule has 3 unspecified atom stereocenters. The summed E-state index contributed by atoms with van der Waals surface area (Å²) in [4.78, 5) is 37.1. The number of hydrogen-bond acceptors (Lipinski definition) is 6. The van der Waals surface area contributed by atoms with E-state index in [9.17, 15) is 24.6 Å². The van der Waals surface area contributed by atoms with Crippen molar-refractivity contribution in [2.24, 2.45) is 5.73 Å². The molecule has 0 aliphatic carbocycles. The van der Waals surface area contributed by atoms with Crippen molar-refractivity contribution in [1.82, 2.24) is 5.32 Å². The summed E-state index contributed by atoms with van der Waals surface area (Å²) in [5, 5.41) is 22.6. The molecule has 0 bridgehead atoms. The molecule has 290 valence electrons. The molecule has 3 atom stereocenters. The number of carboxylic acid groups (broad SMARTS) is 1. The first-order chi connectivity index (χ1) is 23.8. The number of aliphatic hydroxyl groups excluding tert-OH is 1. The Morgan fingerprint density at radius 2 is 0.939 bits per heavy atom. The first-order valence-corrected chi connectivity index (χ1v) is 20.9. The lowest BCUT2D eigenvalue weighted by atomic mass is 10.0. The molecule has 8 nitrogen and oxygen atoms in total. The maximum Gasteiger partial charge on any atom is 0.326 e. The van der Waals surface area contributed by atoms with Crippen LogP contribution in [0.2, 0.25) is 0 Å². The van der Waals surface area contributed by atoms with E-state index in [1.807, 2.05) is 0 Å². The summed E-state index contributed by atoms with van der Waals surface area (Å²) in [5.41, 5.74) is 5.53. The third kappa shape index (κ3) is 33.2. The third-order valence-electron chi connectivity index (χ3n) is 9.71. The van der Waals surface area contributed by atoms with Gasteiger partial charge in [-0.25, -0.2) is 4.79 Å². The Hall–Kier alpha value is -1.67. The van der Waals surface area contributed by atoms with Crippen LogP contribution in [0.1, 0.15) is 219 Å². The van der Waals surface area contributed by atoms with E-state index in [0.717, 1.165) is 38.5 Å². The van der Waals surface area contributed by atoms with Crippen molar-refractivity contribution in [1.29, 1.82) is 0 Å². The average molecular weight is 697 g/mol. The van der Waals surface area contributed by atoms with Gasteiger partial charge in [-0.15, -0.1) is 0 Å². The summed E-state index contributed by atoms with van der Waals surface area (Å²) < 4.78 is 5.71. The van der Waals surface area contributed by atoms with Gasteiger partial charge in [0, 0.05) is 0 Å². The number of carboxylic acids is 1. The first-order valence-electron chi connectivity index (χ1n) is 20.9. The molecule has 5 N–H and O–H groups in total. The SMILES string of the molecule is CCCCCCCCCCCCCCCC(O)CC(=O)OC(CCCCCCCCCCCCCCC)CC(=O)NC(CCCN)C(=O)O. The molecule has 0 aromatic heterocycles. The lowest BCUT2D eigenvalue weighted by Gasteiger charge is -2.20. The largest absolute Gasteiger partial charge is 0.480 e. The second kappa shape index (κ2) is 36.1. The van der Waals surface area contributed by atoms with Crippen molar-refractivity contribution >= 4 is 17.8 Å². The maximum absolute atomic E-state index is 12.8. The number of carbonyl (C=O) groups excluding carboxylic acids is 2. The Balaban J connectivity index is 4.41. The third-order valence-corrected chi connectivity index (χ3v) is 9.71. The van der Waals surface area contributed by atoms with Gasteiger partial charge in [-0.3, -0.25) is 9.59 Å². The van der Waals surface area contributed by atoms with Crippen LogP contribution in [0.15, 0.2) is 0 Å². The minimum Gasteiger partial charge on any atom is -0.480 e. The summed E-state index contributed by atoms with van der Waals surface area (Å²) in [6.07, 6.45) is 32.7. The van der Waals surface area contributed by atoms with Gasteiger partial charge in [0.05, 0.1) is 18.9 Å². The zero-order valence-electron chi connectivity index (χ0n) is 32.2. The van der Waals surface area contributed by atoms with Gasteiger partial charge in [0.1, 0.15) is 12.1 Å². The van der Waals surface area contributed by atoms with Gasteiger partial charge in [-0.2, -0.15) is 0 Å². The molecule has 0 saturated heterocycles. The normalized spacial score (nSPS) is 13.2. The van der Waals surface area contributed by atoms with Crippen molar-refractivity contribution in [2.75, 3.05) is 6.54 Å². The molecular formula is C41H80N2O6. The number of carbonyl (C=O) groups is 3. The lowest BCUT2D eigenvalue weighted by Crippen LogP contribution is -2.42. The molecule has 0 rings (SSSR count). The van der Waals surface area contributed by atoms with E-state index in [2.05, 4.69) is 19.2 Å². The summed E-state index contributed by atoms with van der Waals surface area (Å²) in [6, 6.07) is -1.01. The highest BCUT2D eigenvalue weighted by atomic mass is 16.5. The van der Waals surface area contributed by atoms with Crippen molar-refractivity contribution in [3.05, 3.63) is 0 Å². The number of amides is 1. The van der Waals surface area contributed by atoms with E-state index in [-0.39, 0.29) is 19.3 Å². The molecule has 1 amide bonds. The van der Waals surface area contributed by atoms with Gasteiger partial charge in [-0.05, 0) is 38.6 Å². The number of rotatable bonds is 38. The molecule has 0 saturated carbocycles. The topological polar surface area (TPSA) is 139 Å². The van der Waals surface area contributed by atoms with E-state index in [0.29, 0.717) is 25.8 Å². The molecule has 0 aromatic rings. The van der Waals surface area contributed by atoms with Crippen LogP contribution in [0.3, 0.4) is 0 Å². The van der Waals surface area contributed by atoms with Gasteiger partial charge < -0.3 is 26.0 Å². The van der Waals surface area contributed by atoms with Gasteiger partial charge in [-0.1, -0.05) is 174 Å². The number of aliphatic carboxylic acids is 1. The first kappa shape index (κ1) is 47.3. The summed E-state index contributed by atoms with van der Waals surface area (Å²) in [5.74, 6) is -2.03. The summed E-state index contributed by atoms with van der Waals surface area (Å²) >= 11 is 0. The maximum atomic E-state index is 12.8. The molecule has 0 aromatic carbocycles. The van der Waals surface area contributed by atoms with E-state index in [4.69, 9.17) is 10.5 Å². The van der Waals surface area contributed by atoms with Crippen LogP contribution in [0.4, 0.5) is 0 Å². The lowest BCUT2D eigenvalue weighted by molar-refractivity contribution is -0.153. The monoisotopic (exact) mass is 697 g/mol. The van der Waals surface area contributed by atoms with Crippen LogP contribution in [-0.4, -0.2) is 52.9 Å². The van der Waals surface area contributed by atoms with E-state index < -0.39 is 36.1 Å². The van der Waals surface area contributed by atoms with Gasteiger partial charge in [0.15, 0.2) is 0 Å². The van der Waals surface area contributed by atoms with Crippen LogP contribution in [0, 0.1) is 0 Å². The number of ether oxygens (including phenoxy) is 1. The summed E-state index contributed by atoms with van der Waals surface area (Å²) in [7, 11) is 0. The number of nitrogens with two attached hydrogens (primary N) is 1. The van der Waals surface area contributed by atoms with Crippen LogP contribution < -0.4 is 11.1 Å². The number of unbranched alkanes of at least 4 members (excludes halogenated alkanes) is 24. The Kier molecular flexibility index (Phi) is 34.9. The van der Waals surface area contributed by atoms with Crippen LogP contribution in [0.25, 0.3) is 0 Å².